The lowest BCUT2D eigenvalue weighted by Gasteiger charge is -2.29. The maximum Gasteiger partial charge on any atom is 0.335 e. The average molecular weight is 322 g/mol. The van der Waals surface area contributed by atoms with Crippen LogP contribution in [0.1, 0.15) is 16.2 Å². The zero-order valence-corrected chi connectivity index (χ0v) is 11.7. The Morgan fingerprint density at radius 2 is 2.16 bits per heavy atom. The molecule has 5 nitrogen and oxygen atoms in total. The molecule has 2 heterocycles. The van der Waals surface area contributed by atoms with Crippen molar-refractivity contribution in [2.45, 2.75) is 13.1 Å². The van der Waals surface area contributed by atoms with E-state index in [1.54, 1.807) is 18.3 Å². The van der Waals surface area contributed by atoms with Crippen LogP contribution in [0.2, 0.25) is 0 Å². The number of imidazole rings is 1. The number of carboxylic acids is 1. The summed E-state index contributed by atoms with van der Waals surface area (Å²) in [5.41, 5.74) is 1.19. The fraction of sp³-hybridized carbons (Fsp3) is 0.231. The molecule has 0 fully saturated rings. The van der Waals surface area contributed by atoms with Gasteiger partial charge < -0.3 is 14.6 Å². The smallest absolute Gasteiger partial charge is 0.335 e. The van der Waals surface area contributed by atoms with E-state index >= 15 is 0 Å². The molecule has 3 rings (SSSR count). The molecular weight excluding hydrogens is 310 g/mol. The number of hydrogen-bond donors (Lipinski definition) is 1. The van der Waals surface area contributed by atoms with Gasteiger partial charge in [0.05, 0.1) is 12.1 Å². The fourth-order valence-corrected chi connectivity index (χ4v) is 2.76. The highest BCUT2D eigenvalue weighted by Crippen LogP contribution is 2.25. The Kier molecular flexibility index (Phi) is 3.02. The van der Waals surface area contributed by atoms with Crippen molar-refractivity contribution in [1.82, 2.24) is 9.55 Å². The van der Waals surface area contributed by atoms with Gasteiger partial charge in [0.25, 0.3) is 0 Å². The molecule has 1 aliphatic heterocycles. The van der Waals surface area contributed by atoms with Gasteiger partial charge in [0.1, 0.15) is 5.82 Å². The second-order valence-electron chi connectivity index (χ2n) is 4.46. The average Bonchev–Trinajstić information content (AvgIpc) is 2.85. The van der Waals surface area contributed by atoms with Gasteiger partial charge >= 0.3 is 5.97 Å². The summed E-state index contributed by atoms with van der Waals surface area (Å²) < 4.78 is 2.89. The van der Waals surface area contributed by atoms with Crippen LogP contribution in [-0.4, -0.2) is 27.2 Å². The molecule has 1 aromatic heterocycles. The van der Waals surface area contributed by atoms with Crippen molar-refractivity contribution in [2.24, 2.45) is 0 Å². The Morgan fingerprint density at radius 3 is 2.95 bits per heavy atom. The molecule has 19 heavy (non-hydrogen) atoms. The van der Waals surface area contributed by atoms with E-state index in [2.05, 4.69) is 30.4 Å². The monoisotopic (exact) mass is 321 g/mol. The minimum absolute atomic E-state index is 0.290. The second-order valence-corrected chi connectivity index (χ2v) is 5.38. The molecule has 0 saturated heterocycles. The fourth-order valence-electron chi connectivity index (χ4n) is 2.27. The van der Waals surface area contributed by atoms with Crippen LogP contribution in [0.25, 0.3) is 0 Å². The summed E-state index contributed by atoms with van der Waals surface area (Å²) in [6.45, 7) is 2.41. The van der Waals surface area contributed by atoms with E-state index in [1.807, 2.05) is 12.3 Å². The molecule has 98 valence electrons. The minimum atomic E-state index is -0.916. The Morgan fingerprint density at radius 1 is 1.32 bits per heavy atom. The number of nitrogens with zero attached hydrogens (tertiary/aromatic N) is 3. The van der Waals surface area contributed by atoms with E-state index in [0.29, 0.717) is 12.1 Å². The van der Waals surface area contributed by atoms with Gasteiger partial charge in [-0.2, -0.15) is 0 Å². The summed E-state index contributed by atoms with van der Waals surface area (Å²) in [7, 11) is 0. The molecule has 0 amide bonds. The predicted molar refractivity (Wildman–Crippen MR) is 74.4 cm³/mol. The van der Waals surface area contributed by atoms with E-state index in [9.17, 15) is 4.79 Å². The zero-order valence-electron chi connectivity index (χ0n) is 10.1. The predicted octanol–water partition coefficient (Wildman–Crippen LogP) is 2.36. The van der Waals surface area contributed by atoms with E-state index < -0.39 is 5.97 Å². The summed E-state index contributed by atoms with van der Waals surface area (Å²) in [5.74, 6) is 0.0872. The van der Waals surface area contributed by atoms with E-state index in [4.69, 9.17) is 5.11 Å². The number of fused-ring (bicyclic) bond motifs is 1. The van der Waals surface area contributed by atoms with Crippen LogP contribution < -0.4 is 4.90 Å². The maximum absolute atomic E-state index is 11.1. The van der Waals surface area contributed by atoms with Crippen molar-refractivity contribution in [3.8, 4) is 0 Å². The lowest BCUT2D eigenvalue weighted by atomic mass is 10.1. The zero-order chi connectivity index (χ0) is 13.4. The van der Waals surface area contributed by atoms with Crippen molar-refractivity contribution >= 4 is 27.6 Å². The number of anilines is 1. The number of rotatable bonds is 2. The van der Waals surface area contributed by atoms with E-state index in [-0.39, 0.29) is 0 Å². The molecule has 0 saturated carbocycles. The minimum Gasteiger partial charge on any atom is -0.478 e. The number of aromatic carboxylic acids is 1. The first-order valence-corrected chi connectivity index (χ1v) is 6.71. The maximum atomic E-state index is 11.1. The first kappa shape index (κ1) is 12.2. The largest absolute Gasteiger partial charge is 0.478 e. The molecule has 0 aliphatic carbocycles. The van der Waals surface area contributed by atoms with Crippen LogP contribution >= 0.6 is 15.9 Å². The summed E-state index contributed by atoms with van der Waals surface area (Å²) in [4.78, 5) is 17.5. The molecule has 0 atom stereocenters. The van der Waals surface area contributed by atoms with Gasteiger partial charge in [0, 0.05) is 35.6 Å². The Balaban J connectivity index is 1.93. The lowest BCUT2D eigenvalue weighted by molar-refractivity contribution is 0.0697. The summed E-state index contributed by atoms with van der Waals surface area (Å²) in [6.07, 6.45) is 3.76. The SMILES string of the molecule is O=C(O)c1cc(Br)cc(N2CCn3ccnc3C2)c1. The standard InChI is InChI=1S/C13H12BrN3O2/c14-10-5-9(13(18)19)6-11(7-10)17-4-3-16-2-1-15-12(16)8-17/h1-2,5-7H,3-4,8H2,(H,18,19). The van der Waals surface area contributed by atoms with Gasteiger partial charge in [-0.15, -0.1) is 0 Å². The van der Waals surface area contributed by atoms with Crippen LogP contribution in [-0.2, 0) is 13.1 Å². The Hall–Kier alpha value is -1.82. The Bertz CT molecular complexity index is 639. The van der Waals surface area contributed by atoms with Gasteiger partial charge in [-0.25, -0.2) is 9.78 Å². The third-order valence-corrected chi connectivity index (χ3v) is 3.70. The highest BCUT2D eigenvalue weighted by atomic mass is 79.9. The summed E-state index contributed by atoms with van der Waals surface area (Å²) in [5, 5.41) is 9.10. The topological polar surface area (TPSA) is 58.4 Å². The summed E-state index contributed by atoms with van der Waals surface area (Å²) in [6, 6.07) is 5.24. The number of carbonyl (C=O) groups is 1. The van der Waals surface area contributed by atoms with Crippen LogP contribution in [0.5, 0.6) is 0 Å². The molecule has 6 heteroatoms. The molecule has 1 N–H and O–H groups in total. The quantitative estimate of drug-likeness (QED) is 0.922. The third kappa shape index (κ3) is 2.35. The molecule has 0 spiro atoms. The molecular formula is C13H12BrN3O2. The lowest BCUT2D eigenvalue weighted by Crippen LogP contribution is -2.33. The van der Waals surface area contributed by atoms with E-state index in [1.165, 1.54) is 0 Å². The highest BCUT2D eigenvalue weighted by Gasteiger charge is 2.18. The van der Waals surface area contributed by atoms with Crippen molar-refractivity contribution in [2.75, 3.05) is 11.4 Å². The molecule has 2 aromatic rings. The van der Waals surface area contributed by atoms with E-state index in [0.717, 1.165) is 29.1 Å². The van der Waals surface area contributed by atoms with Crippen molar-refractivity contribution in [3.63, 3.8) is 0 Å². The number of benzene rings is 1. The number of halogens is 1. The van der Waals surface area contributed by atoms with Crippen molar-refractivity contribution < 1.29 is 9.90 Å². The molecule has 1 aromatic carbocycles. The third-order valence-electron chi connectivity index (χ3n) is 3.24. The number of carboxylic acid groups (broad SMARTS) is 1. The first-order chi connectivity index (χ1) is 9.13. The van der Waals surface area contributed by atoms with Crippen LogP contribution in [0.15, 0.2) is 35.1 Å². The number of hydrogen-bond acceptors (Lipinski definition) is 3. The van der Waals surface area contributed by atoms with Gasteiger partial charge in [-0.1, -0.05) is 15.9 Å². The molecule has 1 aliphatic rings. The van der Waals surface area contributed by atoms with Gasteiger partial charge in [0.15, 0.2) is 0 Å². The van der Waals surface area contributed by atoms with Gasteiger partial charge in [0.2, 0.25) is 0 Å². The number of aromatic nitrogens is 2. The van der Waals surface area contributed by atoms with Crippen molar-refractivity contribution in [1.29, 1.82) is 0 Å². The summed E-state index contributed by atoms with van der Waals surface area (Å²) >= 11 is 3.36. The van der Waals surface area contributed by atoms with Gasteiger partial charge in [-0.05, 0) is 18.2 Å². The van der Waals surface area contributed by atoms with Gasteiger partial charge in [-0.3, -0.25) is 0 Å². The molecule has 0 unspecified atom stereocenters. The molecule has 0 radical (unpaired) electrons. The Labute approximate surface area is 118 Å². The van der Waals surface area contributed by atoms with Crippen LogP contribution in [0, 0.1) is 0 Å². The molecule has 0 bridgehead atoms. The second kappa shape index (κ2) is 4.70. The van der Waals surface area contributed by atoms with Crippen LogP contribution in [0.3, 0.4) is 0 Å². The van der Waals surface area contributed by atoms with Crippen molar-refractivity contribution in [3.05, 3.63) is 46.5 Å². The normalized spacial score (nSPS) is 14.3. The first-order valence-electron chi connectivity index (χ1n) is 5.92. The van der Waals surface area contributed by atoms with Crippen LogP contribution in [0.4, 0.5) is 5.69 Å². The highest BCUT2D eigenvalue weighted by molar-refractivity contribution is 9.10.